The maximum absolute atomic E-state index is 12.6. The van der Waals surface area contributed by atoms with E-state index in [4.69, 9.17) is 0 Å². The average molecular weight is 356 g/mol. The van der Waals surface area contributed by atoms with E-state index in [1.165, 1.54) is 11.3 Å². The van der Waals surface area contributed by atoms with E-state index in [1.807, 2.05) is 42.6 Å². The van der Waals surface area contributed by atoms with Crippen molar-refractivity contribution in [3.05, 3.63) is 63.5 Å². The lowest BCUT2D eigenvalue weighted by Gasteiger charge is -2.12. The number of hydrogen-bond acceptors (Lipinski definition) is 3. The standard InChI is InChI=1S/C20H24N2O2S/c1-3-4-7-12-21-20(24)18(14-16-10-8-13-25-16)22-19(23)17-11-6-5-9-15(17)2/h5-6,8-11,13-14H,3-4,7,12H2,1-2H3,(H,21,24)(H,22,23)/b18-14-. The minimum atomic E-state index is -0.274. The summed E-state index contributed by atoms with van der Waals surface area (Å²) in [5, 5.41) is 7.59. The van der Waals surface area contributed by atoms with E-state index in [1.54, 1.807) is 12.1 Å². The fourth-order valence-corrected chi connectivity index (χ4v) is 3.02. The van der Waals surface area contributed by atoms with Gasteiger partial charge in [0.15, 0.2) is 0 Å². The second kappa shape index (κ2) is 9.79. The summed E-state index contributed by atoms with van der Waals surface area (Å²) in [6.45, 7) is 4.60. The predicted octanol–water partition coefficient (Wildman–Crippen LogP) is 4.13. The van der Waals surface area contributed by atoms with Crippen LogP contribution in [-0.2, 0) is 4.79 Å². The second-order valence-corrected chi connectivity index (χ2v) is 6.78. The van der Waals surface area contributed by atoms with Gasteiger partial charge in [0.1, 0.15) is 5.70 Å². The first-order chi connectivity index (χ1) is 12.1. The number of aryl methyl sites for hydroxylation is 1. The van der Waals surface area contributed by atoms with Gasteiger partial charge in [0.2, 0.25) is 0 Å². The molecule has 2 N–H and O–H groups in total. The summed E-state index contributed by atoms with van der Waals surface area (Å²) in [6, 6.07) is 11.2. The molecule has 0 aliphatic carbocycles. The van der Waals surface area contributed by atoms with Crippen LogP contribution in [0.4, 0.5) is 0 Å². The summed E-state index contributed by atoms with van der Waals surface area (Å²) >= 11 is 1.52. The van der Waals surface area contributed by atoms with Gasteiger partial charge in [-0.3, -0.25) is 9.59 Å². The van der Waals surface area contributed by atoms with Crippen LogP contribution in [-0.4, -0.2) is 18.4 Å². The van der Waals surface area contributed by atoms with E-state index in [9.17, 15) is 9.59 Å². The number of benzene rings is 1. The summed E-state index contributed by atoms with van der Waals surface area (Å²) in [5.41, 5.74) is 1.71. The van der Waals surface area contributed by atoms with E-state index in [2.05, 4.69) is 17.6 Å². The zero-order chi connectivity index (χ0) is 18.1. The molecule has 1 aromatic heterocycles. The molecule has 0 bridgehead atoms. The Morgan fingerprint density at radius 1 is 1.12 bits per heavy atom. The van der Waals surface area contributed by atoms with Crippen LogP contribution >= 0.6 is 11.3 Å². The predicted molar refractivity (Wildman–Crippen MR) is 103 cm³/mol. The Morgan fingerprint density at radius 3 is 2.60 bits per heavy atom. The Morgan fingerprint density at radius 2 is 1.92 bits per heavy atom. The van der Waals surface area contributed by atoms with Crippen LogP contribution in [0.5, 0.6) is 0 Å². The molecule has 2 aromatic rings. The monoisotopic (exact) mass is 356 g/mol. The molecule has 2 amide bonds. The summed E-state index contributed by atoms with van der Waals surface area (Å²) in [4.78, 5) is 26.0. The summed E-state index contributed by atoms with van der Waals surface area (Å²) in [7, 11) is 0. The lowest BCUT2D eigenvalue weighted by atomic mass is 10.1. The fourth-order valence-electron chi connectivity index (χ4n) is 2.36. The summed E-state index contributed by atoms with van der Waals surface area (Å²) < 4.78 is 0. The molecule has 1 aromatic carbocycles. The number of thiophene rings is 1. The summed E-state index contributed by atoms with van der Waals surface area (Å²) in [5.74, 6) is -0.531. The minimum absolute atomic E-state index is 0.258. The van der Waals surface area contributed by atoms with E-state index < -0.39 is 0 Å². The quantitative estimate of drug-likeness (QED) is 0.552. The molecular formula is C20H24N2O2S. The maximum atomic E-state index is 12.6. The van der Waals surface area contributed by atoms with Crippen LogP contribution in [0.25, 0.3) is 6.08 Å². The molecule has 0 radical (unpaired) electrons. The van der Waals surface area contributed by atoms with Crippen LogP contribution in [0.3, 0.4) is 0 Å². The zero-order valence-corrected chi connectivity index (χ0v) is 15.5. The van der Waals surface area contributed by atoms with Crippen LogP contribution in [0, 0.1) is 6.92 Å². The van der Waals surface area contributed by atoms with Gasteiger partial charge in [-0.25, -0.2) is 0 Å². The molecule has 0 aliphatic heterocycles. The Labute approximate surface area is 153 Å². The first kappa shape index (κ1) is 18.9. The number of nitrogens with one attached hydrogen (secondary N) is 2. The third kappa shape index (κ3) is 5.87. The lowest BCUT2D eigenvalue weighted by Crippen LogP contribution is -2.35. The van der Waals surface area contributed by atoms with Crippen LogP contribution < -0.4 is 10.6 Å². The Hall–Kier alpha value is -2.40. The average Bonchev–Trinajstić information content (AvgIpc) is 3.11. The van der Waals surface area contributed by atoms with Crippen molar-refractivity contribution < 1.29 is 9.59 Å². The minimum Gasteiger partial charge on any atom is -0.351 e. The van der Waals surface area contributed by atoms with Gasteiger partial charge in [0, 0.05) is 17.0 Å². The molecule has 2 rings (SSSR count). The van der Waals surface area contributed by atoms with E-state index in [-0.39, 0.29) is 17.5 Å². The number of rotatable bonds is 8. The molecule has 0 saturated heterocycles. The van der Waals surface area contributed by atoms with Gasteiger partial charge in [-0.2, -0.15) is 0 Å². The fraction of sp³-hybridized carbons (Fsp3) is 0.300. The normalized spacial score (nSPS) is 11.2. The molecule has 0 aliphatic rings. The van der Waals surface area contributed by atoms with Crippen LogP contribution in [0.1, 0.15) is 47.0 Å². The topological polar surface area (TPSA) is 58.2 Å². The molecule has 1 heterocycles. The van der Waals surface area contributed by atoms with E-state index in [0.29, 0.717) is 12.1 Å². The number of carbonyl (C=O) groups excluding carboxylic acids is 2. The van der Waals surface area contributed by atoms with Gasteiger partial charge in [-0.05, 0) is 42.5 Å². The van der Waals surface area contributed by atoms with Gasteiger partial charge in [0.05, 0.1) is 0 Å². The number of hydrogen-bond donors (Lipinski definition) is 2. The first-order valence-electron chi connectivity index (χ1n) is 8.52. The first-order valence-corrected chi connectivity index (χ1v) is 9.40. The molecule has 25 heavy (non-hydrogen) atoms. The van der Waals surface area contributed by atoms with Crippen LogP contribution in [0.15, 0.2) is 47.5 Å². The molecule has 0 spiro atoms. The van der Waals surface area contributed by atoms with Crippen molar-refractivity contribution in [2.24, 2.45) is 0 Å². The van der Waals surface area contributed by atoms with Crippen molar-refractivity contribution in [2.45, 2.75) is 33.1 Å². The Kier molecular flexibility index (Phi) is 7.41. The van der Waals surface area contributed by atoms with Crippen molar-refractivity contribution >= 4 is 29.2 Å². The summed E-state index contributed by atoms with van der Waals surface area (Å²) in [6.07, 6.45) is 4.81. The highest BCUT2D eigenvalue weighted by Crippen LogP contribution is 2.14. The van der Waals surface area contributed by atoms with Crippen molar-refractivity contribution in [2.75, 3.05) is 6.54 Å². The van der Waals surface area contributed by atoms with Gasteiger partial charge in [-0.1, -0.05) is 44.0 Å². The van der Waals surface area contributed by atoms with E-state index in [0.717, 1.165) is 29.7 Å². The molecule has 0 atom stereocenters. The van der Waals surface area contributed by atoms with Gasteiger partial charge in [0.25, 0.3) is 11.8 Å². The molecule has 0 unspecified atom stereocenters. The third-order valence-electron chi connectivity index (χ3n) is 3.78. The maximum Gasteiger partial charge on any atom is 0.267 e. The van der Waals surface area contributed by atoms with Crippen LogP contribution in [0.2, 0.25) is 0 Å². The largest absolute Gasteiger partial charge is 0.351 e. The van der Waals surface area contributed by atoms with Crippen molar-refractivity contribution in [1.29, 1.82) is 0 Å². The molecule has 0 fully saturated rings. The molecular weight excluding hydrogens is 332 g/mol. The molecule has 0 saturated carbocycles. The highest BCUT2D eigenvalue weighted by atomic mass is 32.1. The lowest BCUT2D eigenvalue weighted by molar-refractivity contribution is -0.117. The number of unbranched alkanes of at least 4 members (excludes halogenated alkanes) is 2. The second-order valence-electron chi connectivity index (χ2n) is 5.81. The van der Waals surface area contributed by atoms with Gasteiger partial charge < -0.3 is 10.6 Å². The Balaban J connectivity index is 2.13. The number of amides is 2. The smallest absolute Gasteiger partial charge is 0.267 e. The molecule has 5 heteroatoms. The zero-order valence-electron chi connectivity index (χ0n) is 14.7. The van der Waals surface area contributed by atoms with E-state index >= 15 is 0 Å². The number of carbonyl (C=O) groups is 2. The highest BCUT2D eigenvalue weighted by molar-refractivity contribution is 7.10. The molecule has 4 nitrogen and oxygen atoms in total. The van der Waals surface area contributed by atoms with Gasteiger partial charge >= 0.3 is 0 Å². The molecule has 132 valence electrons. The van der Waals surface area contributed by atoms with Gasteiger partial charge in [-0.15, -0.1) is 11.3 Å². The highest BCUT2D eigenvalue weighted by Gasteiger charge is 2.15. The third-order valence-corrected chi connectivity index (χ3v) is 4.60. The van der Waals surface area contributed by atoms with Crippen molar-refractivity contribution in [1.82, 2.24) is 10.6 Å². The Bertz CT molecular complexity index is 736. The van der Waals surface area contributed by atoms with Crippen molar-refractivity contribution in [3.63, 3.8) is 0 Å². The SMILES string of the molecule is CCCCCNC(=O)/C(=C/c1cccs1)NC(=O)c1ccccc1C. The van der Waals surface area contributed by atoms with Crippen molar-refractivity contribution in [3.8, 4) is 0 Å².